The SMILES string of the molecule is CC[C@H]1C[C@@H]1CC=C(Br)Br. The Labute approximate surface area is 79.3 Å². The number of hydrogen-bond donors (Lipinski definition) is 0. The maximum atomic E-state index is 3.35. The van der Waals surface area contributed by atoms with Crippen molar-refractivity contribution in [1.82, 2.24) is 0 Å². The van der Waals surface area contributed by atoms with Crippen molar-refractivity contribution in [3.05, 3.63) is 9.47 Å². The Bertz CT molecular complexity index is 136. The standard InChI is InChI=1S/C8H12Br2/c1-2-6-5-7(6)3-4-8(9)10/h4,6-7H,2-3,5H2,1H3/t6-,7-/m0/s1. The van der Waals surface area contributed by atoms with Gasteiger partial charge in [-0.3, -0.25) is 0 Å². The molecular formula is C8H12Br2. The highest BCUT2D eigenvalue weighted by Gasteiger charge is 2.33. The molecule has 1 fully saturated rings. The summed E-state index contributed by atoms with van der Waals surface area (Å²) >= 11 is 6.70. The summed E-state index contributed by atoms with van der Waals surface area (Å²) in [5.41, 5.74) is 0. The average Bonchev–Trinajstić information content (AvgIpc) is 2.61. The van der Waals surface area contributed by atoms with E-state index in [0.717, 1.165) is 15.2 Å². The summed E-state index contributed by atoms with van der Waals surface area (Å²) in [6.45, 7) is 2.28. The molecule has 0 unspecified atom stereocenters. The Balaban J connectivity index is 2.12. The predicted octanol–water partition coefficient (Wildman–Crippen LogP) is 4.05. The van der Waals surface area contributed by atoms with Crippen molar-refractivity contribution in [3.8, 4) is 0 Å². The van der Waals surface area contributed by atoms with Gasteiger partial charge in [0.2, 0.25) is 0 Å². The third-order valence-electron chi connectivity index (χ3n) is 2.17. The van der Waals surface area contributed by atoms with Gasteiger partial charge in [-0.15, -0.1) is 0 Å². The molecule has 0 amide bonds. The summed E-state index contributed by atoms with van der Waals surface area (Å²) in [4.78, 5) is 0. The first-order valence-electron chi connectivity index (χ1n) is 3.75. The summed E-state index contributed by atoms with van der Waals surface area (Å²) < 4.78 is 1.10. The quantitative estimate of drug-likeness (QED) is 0.724. The molecule has 1 aliphatic rings. The highest BCUT2D eigenvalue weighted by Crippen LogP contribution is 2.44. The van der Waals surface area contributed by atoms with Gasteiger partial charge in [-0.2, -0.15) is 0 Å². The van der Waals surface area contributed by atoms with Crippen molar-refractivity contribution >= 4 is 31.9 Å². The Morgan fingerprint density at radius 1 is 1.50 bits per heavy atom. The van der Waals surface area contributed by atoms with E-state index in [1.54, 1.807) is 0 Å². The minimum absolute atomic E-state index is 0.982. The molecule has 2 atom stereocenters. The highest BCUT2D eigenvalue weighted by molar-refractivity contribution is 9.28. The Morgan fingerprint density at radius 2 is 2.20 bits per heavy atom. The van der Waals surface area contributed by atoms with E-state index in [9.17, 15) is 0 Å². The number of halogens is 2. The maximum absolute atomic E-state index is 3.35. The lowest BCUT2D eigenvalue weighted by molar-refractivity contribution is 0.688. The van der Waals surface area contributed by atoms with Crippen molar-refractivity contribution in [2.24, 2.45) is 11.8 Å². The van der Waals surface area contributed by atoms with Crippen LogP contribution < -0.4 is 0 Å². The van der Waals surface area contributed by atoms with Crippen LogP contribution in [0.2, 0.25) is 0 Å². The van der Waals surface area contributed by atoms with Gasteiger partial charge in [0.15, 0.2) is 0 Å². The lowest BCUT2D eigenvalue weighted by Crippen LogP contribution is -1.77. The molecule has 1 rings (SSSR count). The van der Waals surface area contributed by atoms with Gasteiger partial charge in [0.1, 0.15) is 0 Å². The van der Waals surface area contributed by atoms with Crippen molar-refractivity contribution in [3.63, 3.8) is 0 Å². The van der Waals surface area contributed by atoms with Crippen LogP contribution in [0.4, 0.5) is 0 Å². The van der Waals surface area contributed by atoms with E-state index in [-0.39, 0.29) is 0 Å². The fourth-order valence-electron chi connectivity index (χ4n) is 1.34. The van der Waals surface area contributed by atoms with E-state index in [0.29, 0.717) is 0 Å². The lowest BCUT2D eigenvalue weighted by atomic mass is 10.2. The topological polar surface area (TPSA) is 0 Å². The van der Waals surface area contributed by atoms with Gasteiger partial charge in [-0.1, -0.05) is 19.4 Å². The molecule has 0 saturated heterocycles. The molecule has 0 spiro atoms. The maximum Gasteiger partial charge on any atom is 0.0564 e. The van der Waals surface area contributed by atoms with Crippen LogP contribution in [0.1, 0.15) is 26.2 Å². The predicted molar refractivity (Wildman–Crippen MR) is 52.4 cm³/mol. The van der Waals surface area contributed by atoms with Gasteiger partial charge in [-0.25, -0.2) is 0 Å². The first-order chi connectivity index (χ1) is 4.74. The molecule has 0 radical (unpaired) electrons. The van der Waals surface area contributed by atoms with Crippen LogP contribution in [0, 0.1) is 11.8 Å². The zero-order valence-corrected chi connectivity index (χ0v) is 9.28. The first kappa shape index (κ1) is 8.79. The molecule has 0 N–H and O–H groups in total. The molecule has 0 aromatic carbocycles. The van der Waals surface area contributed by atoms with E-state index in [2.05, 4.69) is 44.9 Å². The third kappa shape index (κ3) is 2.75. The monoisotopic (exact) mass is 266 g/mol. The Hall–Kier alpha value is 0.700. The molecule has 0 aliphatic heterocycles. The summed E-state index contributed by atoms with van der Waals surface area (Å²) in [5, 5.41) is 0. The van der Waals surface area contributed by atoms with Crippen LogP contribution in [0.25, 0.3) is 0 Å². The van der Waals surface area contributed by atoms with Crippen LogP contribution in [0.15, 0.2) is 9.47 Å². The van der Waals surface area contributed by atoms with Crippen LogP contribution >= 0.6 is 31.9 Å². The molecule has 0 bridgehead atoms. The molecule has 0 aromatic heterocycles. The Kier molecular flexibility index (Phi) is 3.44. The van der Waals surface area contributed by atoms with Gasteiger partial charge in [0, 0.05) is 0 Å². The van der Waals surface area contributed by atoms with E-state index in [1.807, 2.05) is 0 Å². The second kappa shape index (κ2) is 3.91. The molecule has 1 saturated carbocycles. The summed E-state index contributed by atoms with van der Waals surface area (Å²) in [6.07, 6.45) is 6.25. The van der Waals surface area contributed by atoms with Gasteiger partial charge in [-0.05, 0) is 56.5 Å². The smallest absolute Gasteiger partial charge is 0.0564 e. The van der Waals surface area contributed by atoms with Crippen molar-refractivity contribution in [2.45, 2.75) is 26.2 Å². The fraction of sp³-hybridized carbons (Fsp3) is 0.750. The van der Waals surface area contributed by atoms with Crippen LogP contribution in [0.3, 0.4) is 0 Å². The minimum atomic E-state index is 0.982. The third-order valence-corrected chi connectivity index (χ3v) is 2.82. The van der Waals surface area contributed by atoms with Crippen molar-refractivity contribution in [1.29, 1.82) is 0 Å². The molecule has 0 nitrogen and oxygen atoms in total. The van der Waals surface area contributed by atoms with Crippen LogP contribution in [-0.2, 0) is 0 Å². The zero-order valence-electron chi connectivity index (χ0n) is 6.11. The van der Waals surface area contributed by atoms with Gasteiger partial charge >= 0.3 is 0 Å². The van der Waals surface area contributed by atoms with Crippen LogP contribution in [-0.4, -0.2) is 0 Å². The number of allylic oxidation sites excluding steroid dienone is 1. The Morgan fingerprint density at radius 3 is 2.60 bits per heavy atom. The van der Waals surface area contributed by atoms with E-state index < -0.39 is 0 Å². The zero-order chi connectivity index (χ0) is 7.56. The summed E-state index contributed by atoms with van der Waals surface area (Å²) in [6, 6.07) is 0. The second-order valence-electron chi connectivity index (χ2n) is 2.89. The first-order valence-corrected chi connectivity index (χ1v) is 5.33. The van der Waals surface area contributed by atoms with Gasteiger partial charge < -0.3 is 0 Å². The van der Waals surface area contributed by atoms with E-state index in [4.69, 9.17) is 0 Å². The number of rotatable bonds is 3. The van der Waals surface area contributed by atoms with E-state index >= 15 is 0 Å². The van der Waals surface area contributed by atoms with Crippen LogP contribution in [0.5, 0.6) is 0 Å². The molecule has 0 heterocycles. The number of hydrogen-bond acceptors (Lipinski definition) is 0. The molecule has 58 valence electrons. The van der Waals surface area contributed by atoms with Crippen molar-refractivity contribution in [2.75, 3.05) is 0 Å². The van der Waals surface area contributed by atoms with Crippen molar-refractivity contribution < 1.29 is 0 Å². The second-order valence-corrected chi connectivity index (χ2v) is 5.67. The normalized spacial score (nSPS) is 29.9. The highest BCUT2D eigenvalue weighted by atomic mass is 79.9. The molecule has 2 heteroatoms. The fourth-order valence-corrected chi connectivity index (χ4v) is 1.71. The molecule has 10 heavy (non-hydrogen) atoms. The summed E-state index contributed by atoms with van der Waals surface area (Å²) in [7, 11) is 0. The average molecular weight is 268 g/mol. The minimum Gasteiger partial charge on any atom is -0.0651 e. The lowest BCUT2D eigenvalue weighted by Gasteiger charge is -1.89. The molecule has 1 aliphatic carbocycles. The van der Waals surface area contributed by atoms with Gasteiger partial charge in [0.05, 0.1) is 3.39 Å². The van der Waals surface area contributed by atoms with Gasteiger partial charge in [0.25, 0.3) is 0 Å². The summed E-state index contributed by atoms with van der Waals surface area (Å²) in [5.74, 6) is 2.01. The van der Waals surface area contributed by atoms with E-state index in [1.165, 1.54) is 19.3 Å². The largest absolute Gasteiger partial charge is 0.0651 e. The molecule has 0 aromatic rings. The molecular weight excluding hydrogens is 256 g/mol.